The van der Waals surface area contributed by atoms with Gasteiger partial charge in [0.05, 0.1) is 27.8 Å². The molecule has 186 valence electrons. The summed E-state index contributed by atoms with van der Waals surface area (Å²) >= 11 is 13.4. The van der Waals surface area contributed by atoms with E-state index in [2.05, 4.69) is 9.71 Å². The Bertz CT molecular complexity index is 1500. The fraction of sp³-hybridized carbons (Fsp3) is 0.200. The SMILES string of the molecule is O=C(c1ccc(NS(=O)(=O)c2ccc(Cl)cc2)cc1)N(CC1CCCO1)c1nc2ccc(Cl)cc2s1. The van der Waals surface area contributed by atoms with Crippen LogP contribution in [-0.4, -0.2) is 38.6 Å². The zero-order chi connectivity index (χ0) is 25.3. The molecule has 36 heavy (non-hydrogen) atoms. The van der Waals surface area contributed by atoms with Gasteiger partial charge in [-0.2, -0.15) is 0 Å². The molecule has 1 fully saturated rings. The van der Waals surface area contributed by atoms with Gasteiger partial charge in [0.2, 0.25) is 0 Å². The predicted octanol–water partition coefficient (Wildman–Crippen LogP) is 6.23. The first-order valence-corrected chi connectivity index (χ1v) is 14.2. The maximum Gasteiger partial charge on any atom is 0.261 e. The molecule has 0 spiro atoms. The topological polar surface area (TPSA) is 88.6 Å². The highest BCUT2D eigenvalue weighted by molar-refractivity contribution is 7.92. The highest BCUT2D eigenvalue weighted by atomic mass is 35.5. The number of sulfonamides is 1. The van der Waals surface area contributed by atoms with Crippen molar-refractivity contribution in [2.45, 2.75) is 23.8 Å². The van der Waals surface area contributed by atoms with Gasteiger partial charge in [0.15, 0.2) is 5.13 Å². The molecule has 0 radical (unpaired) electrons. The van der Waals surface area contributed by atoms with Crippen molar-refractivity contribution < 1.29 is 17.9 Å². The first-order valence-electron chi connectivity index (χ1n) is 11.2. The van der Waals surface area contributed by atoms with Gasteiger partial charge in [0.25, 0.3) is 15.9 Å². The smallest absolute Gasteiger partial charge is 0.261 e. The van der Waals surface area contributed by atoms with Crippen molar-refractivity contribution in [2.24, 2.45) is 0 Å². The molecule has 1 N–H and O–H groups in total. The van der Waals surface area contributed by atoms with Crippen molar-refractivity contribution in [3.8, 4) is 0 Å². The number of nitrogens with one attached hydrogen (secondary N) is 1. The van der Waals surface area contributed by atoms with Crippen molar-refractivity contribution in [1.82, 2.24) is 4.98 Å². The highest BCUT2D eigenvalue weighted by Gasteiger charge is 2.27. The number of carbonyl (C=O) groups excluding carboxylic acids is 1. The van der Waals surface area contributed by atoms with E-state index in [1.165, 1.54) is 35.6 Å². The van der Waals surface area contributed by atoms with E-state index in [-0.39, 0.29) is 16.9 Å². The van der Waals surface area contributed by atoms with E-state index in [4.69, 9.17) is 27.9 Å². The van der Waals surface area contributed by atoms with Crippen molar-refractivity contribution in [3.63, 3.8) is 0 Å². The van der Waals surface area contributed by atoms with Crippen LogP contribution in [0.2, 0.25) is 10.0 Å². The van der Waals surface area contributed by atoms with Crippen LogP contribution in [0.3, 0.4) is 0 Å². The summed E-state index contributed by atoms with van der Waals surface area (Å²) in [5.74, 6) is -0.247. The molecule has 3 aromatic carbocycles. The molecule has 5 rings (SSSR count). The summed E-state index contributed by atoms with van der Waals surface area (Å²) < 4.78 is 34.5. The molecule has 1 aliphatic heterocycles. The third kappa shape index (κ3) is 5.50. The van der Waals surface area contributed by atoms with Gasteiger partial charge in [0, 0.05) is 27.9 Å². The van der Waals surface area contributed by atoms with Crippen molar-refractivity contribution in [1.29, 1.82) is 0 Å². The monoisotopic (exact) mass is 561 g/mol. The lowest BCUT2D eigenvalue weighted by Gasteiger charge is -2.23. The summed E-state index contributed by atoms with van der Waals surface area (Å²) in [5.41, 5.74) is 1.50. The molecule has 4 aromatic rings. The molecule has 0 saturated carbocycles. The zero-order valence-electron chi connectivity index (χ0n) is 18.9. The average Bonchev–Trinajstić information content (AvgIpc) is 3.52. The van der Waals surface area contributed by atoms with Gasteiger partial charge in [-0.25, -0.2) is 13.4 Å². The number of aromatic nitrogens is 1. The Kier molecular flexibility index (Phi) is 7.18. The van der Waals surface area contributed by atoms with Crippen molar-refractivity contribution in [2.75, 3.05) is 22.8 Å². The second kappa shape index (κ2) is 10.4. The van der Waals surface area contributed by atoms with Crippen LogP contribution in [0, 0.1) is 0 Å². The summed E-state index contributed by atoms with van der Waals surface area (Å²) in [6.07, 6.45) is 1.74. The second-order valence-corrected chi connectivity index (χ2v) is 11.9. The number of anilines is 2. The predicted molar refractivity (Wildman–Crippen MR) is 144 cm³/mol. The molecular formula is C25H21Cl2N3O4S2. The molecule has 1 aliphatic rings. The second-order valence-electron chi connectivity index (χ2n) is 8.30. The summed E-state index contributed by atoms with van der Waals surface area (Å²) in [5, 5.41) is 1.60. The van der Waals surface area contributed by atoms with Crippen molar-refractivity contribution >= 4 is 71.5 Å². The Labute approximate surface area is 222 Å². The summed E-state index contributed by atoms with van der Waals surface area (Å²) in [6, 6.07) is 17.6. The first-order chi connectivity index (χ1) is 17.3. The van der Waals surface area contributed by atoms with E-state index >= 15 is 0 Å². The molecule has 1 saturated heterocycles. The van der Waals surface area contributed by atoms with Crippen LogP contribution >= 0.6 is 34.5 Å². The lowest BCUT2D eigenvalue weighted by atomic mass is 10.1. The first kappa shape index (κ1) is 25.0. The fourth-order valence-corrected chi connectivity index (χ4v) is 6.34. The average molecular weight is 563 g/mol. The van der Waals surface area contributed by atoms with E-state index in [0.29, 0.717) is 39.6 Å². The lowest BCUT2D eigenvalue weighted by Crippen LogP contribution is -2.37. The number of hydrogen-bond donors (Lipinski definition) is 1. The van der Waals surface area contributed by atoms with Crippen LogP contribution < -0.4 is 9.62 Å². The molecule has 11 heteroatoms. The number of thiazole rings is 1. The Morgan fingerprint density at radius 3 is 2.47 bits per heavy atom. The van der Waals surface area contributed by atoms with Gasteiger partial charge in [-0.15, -0.1) is 0 Å². The third-order valence-electron chi connectivity index (χ3n) is 5.73. The molecule has 1 unspecified atom stereocenters. The van der Waals surface area contributed by atoms with Crippen LogP contribution in [0.25, 0.3) is 10.2 Å². The van der Waals surface area contributed by atoms with Gasteiger partial charge in [-0.05, 0) is 79.6 Å². The van der Waals surface area contributed by atoms with Crippen LogP contribution in [-0.2, 0) is 14.8 Å². The molecule has 7 nitrogen and oxygen atoms in total. The number of ether oxygens (including phenoxy) is 1. The molecule has 1 aromatic heterocycles. The number of nitrogens with zero attached hydrogens (tertiary/aromatic N) is 2. The maximum atomic E-state index is 13.6. The van der Waals surface area contributed by atoms with E-state index in [1.54, 1.807) is 35.2 Å². The molecule has 1 amide bonds. The maximum absolute atomic E-state index is 13.6. The summed E-state index contributed by atoms with van der Waals surface area (Å²) in [4.78, 5) is 20.0. The number of fused-ring (bicyclic) bond motifs is 1. The molecule has 2 heterocycles. The minimum absolute atomic E-state index is 0.0741. The number of carbonyl (C=O) groups is 1. The number of benzene rings is 3. The molecular weight excluding hydrogens is 541 g/mol. The van der Waals surface area contributed by atoms with Crippen LogP contribution in [0.15, 0.2) is 71.6 Å². The Hall–Kier alpha value is -2.69. The lowest BCUT2D eigenvalue weighted by molar-refractivity contribution is 0.0917. The minimum Gasteiger partial charge on any atom is -0.376 e. The Balaban J connectivity index is 1.39. The Morgan fingerprint density at radius 1 is 1.06 bits per heavy atom. The van der Waals surface area contributed by atoms with Crippen LogP contribution in [0.4, 0.5) is 10.8 Å². The number of hydrogen-bond acceptors (Lipinski definition) is 6. The summed E-state index contributed by atoms with van der Waals surface area (Å²) in [6.45, 7) is 1.04. The van der Waals surface area contributed by atoms with E-state index < -0.39 is 10.0 Å². The zero-order valence-corrected chi connectivity index (χ0v) is 22.0. The van der Waals surface area contributed by atoms with E-state index in [1.807, 2.05) is 12.1 Å². The minimum atomic E-state index is -3.80. The number of amides is 1. The number of halogens is 2. The van der Waals surface area contributed by atoms with Crippen LogP contribution in [0.5, 0.6) is 0 Å². The number of rotatable bonds is 7. The standard InChI is InChI=1S/C25H21Cl2N3O4S2/c26-17-5-10-21(11-6-17)36(32,33)29-19-8-3-16(4-9-19)24(31)30(15-20-2-1-13-34-20)25-28-22-12-7-18(27)14-23(22)35-25/h3-12,14,20,29H,1-2,13,15H2. The van der Waals surface area contributed by atoms with E-state index in [9.17, 15) is 13.2 Å². The normalized spacial score (nSPS) is 15.8. The largest absolute Gasteiger partial charge is 0.376 e. The molecule has 1 atom stereocenters. The summed E-state index contributed by atoms with van der Waals surface area (Å²) in [7, 11) is -3.80. The quantitative estimate of drug-likeness (QED) is 0.289. The highest BCUT2D eigenvalue weighted by Crippen LogP contribution is 2.32. The third-order valence-corrected chi connectivity index (χ3v) is 8.66. The molecule has 0 bridgehead atoms. The van der Waals surface area contributed by atoms with Gasteiger partial charge < -0.3 is 4.74 Å². The van der Waals surface area contributed by atoms with Gasteiger partial charge in [-0.1, -0.05) is 34.5 Å². The Morgan fingerprint density at radius 2 is 1.78 bits per heavy atom. The van der Waals surface area contributed by atoms with E-state index in [0.717, 1.165) is 23.1 Å². The fourth-order valence-electron chi connectivity index (χ4n) is 3.91. The van der Waals surface area contributed by atoms with Gasteiger partial charge in [0.1, 0.15) is 0 Å². The van der Waals surface area contributed by atoms with Crippen molar-refractivity contribution in [3.05, 3.63) is 82.3 Å². The molecule has 0 aliphatic carbocycles. The van der Waals surface area contributed by atoms with Gasteiger partial charge in [-0.3, -0.25) is 14.4 Å². The van der Waals surface area contributed by atoms with Crippen LogP contribution in [0.1, 0.15) is 23.2 Å². The van der Waals surface area contributed by atoms with Gasteiger partial charge >= 0.3 is 0 Å².